The number of ether oxygens (including phenoxy) is 2. The van der Waals surface area contributed by atoms with E-state index < -0.39 is 6.04 Å². The van der Waals surface area contributed by atoms with Gasteiger partial charge in [-0.2, -0.15) is 0 Å². The first-order valence-corrected chi connectivity index (χ1v) is 17.1. The van der Waals surface area contributed by atoms with E-state index in [1.165, 1.54) is 6.42 Å². The van der Waals surface area contributed by atoms with E-state index in [-0.39, 0.29) is 55.3 Å². The summed E-state index contributed by atoms with van der Waals surface area (Å²) >= 11 is 0. The first-order valence-electron chi connectivity index (χ1n) is 17.1. The summed E-state index contributed by atoms with van der Waals surface area (Å²) in [5.41, 5.74) is 1.50. The molecule has 11 nitrogen and oxygen atoms in total. The van der Waals surface area contributed by atoms with Gasteiger partial charge in [-0.25, -0.2) is 9.59 Å². The Hall–Kier alpha value is -3.83. The summed E-state index contributed by atoms with van der Waals surface area (Å²) in [7, 11) is 1.73. The number of hydrogen-bond donors (Lipinski definition) is 4. The second kappa shape index (κ2) is 17.9. The lowest BCUT2D eigenvalue weighted by atomic mass is 9.96. The van der Waals surface area contributed by atoms with Gasteiger partial charge in [-0.15, -0.1) is 0 Å². The number of aliphatic hydroxyl groups is 1. The monoisotopic (exact) mass is 651 g/mol. The zero-order chi connectivity index (χ0) is 33.8. The second-order valence-corrected chi connectivity index (χ2v) is 13.1. The van der Waals surface area contributed by atoms with Crippen LogP contribution >= 0.6 is 0 Å². The van der Waals surface area contributed by atoms with Crippen molar-refractivity contribution in [2.24, 2.45) is 5.92 Å². The molecule has 4 atom stereocenters. The molecule has 11 heteroatoms. The Morgan fingerprint density at radius 2 is 1.70 bits per heavy atom. The van der Waals surface area contributed by atoms with Crippen LogP contribution in [0.4, 0.5) is 21.0 Å². The molecule has 47 heavy (non-hydrogen) atoms. The molecular formula is C36H53N5O6. The molecule has 4 rings (SSSR count). The fourth-order valence-electron chi connectivity index (χ4n) is 6.16. The third kappa shape index (κ3) is 10.9. The summed E-state index contributed by atoms with van der Waals surface area (Å²) in [4.78, 5) is 43.5. The third-order valence-corrected chi connectivity index (χ3v) is 9.08. The summed E-state index contributed by atoms with van der Waals surface area (Å²) in [5.74, 6) is -0.0673. The number of fused-ring (bicyclic) bond motifs is 1. The molecule has 1 aliphatic heterocycles. The van der Waals surface area contributed by atoms with Gasteiger partial charge in [0.25, 0.3) is 5.91 Å². The zero-order valence-corrected chi connectivity index (χ0v) is 28.4. The van der Waals surface area contributed by atoms with E-state index >= 15 is 0 Å². The van der Waals surface area contributed by atoms with Gasteiger partial charge in [-0.1, -0.05) is 44.4 Å². The average Bonchev–Trinajstić information content (AvgIpc) is 3.06. The predicted molar refractivity (Wildman–Crippen MR) is 184 cm³/mol. The van der Waals surface area contributed by atoms with Crippen LogP contribution in [0.1, 0.15) is 82.5 Å². The van der Waals surface area contributed by atoms with Crippen LogP contribution in [0.2, 0.25) is 0 Å². The van der Waals surface area contributed by atoms with E-state index in [4.69, 9.17) is 9.47 Å². The highest BCUT2D eigenvalue weighted by atomic mass is 16.5. The Balaban J connectivity index is 1.56. The van der Waals surface area contributed by atoms with Gasteiger partial charge in [0, 0.05) is 50.1 Å². The number of urea groups is 2. The van der Waals surface area contributed by atoms with Crippen molar-refractivity contribution in [2.45, 2.75) is 96.4 Å². The van der Waals surface area contributed by atoms with Crippen molar-refractivity contribution >= 4 is 29.3 Å². The van der Waals surface area contributed by atoms with E-state index in [2.05, 4.69) is 16.0 Å². The Kier molecular flexibility index (Phi) is 13.7. The number of nitrogens with zero attached hydrogens (tertiary/aromatic N) is 2. The molecule has 1 fully saturated rings. The van der Waals surface area contributed by atoms with Gasteiger partial charge in [-0.3, -0.25) is 4.79 Å². The van der Waals surface area contributed by atoms with Gasteiger partial charge in [0.15, 0.2) is 0 Å². The highest BCUT2D eigenvalue weighted by molar-refractivity contribution is 5.99. The lowest BCUT2D eigenvalue weighted by molar-refractivity contribution is -0.0115. The number of hydrogen-bond acceptors (Lipinski definition) is 6. The number of para-hydroxylation sites is 1. The molecule has 0 radical (unpaired) electrons. The van der Waals surface area contributed by atoms with E-state index in [1.807, 2.05) is 44.2 Å². The van der Waals surface area contributed by atoms with Crippen LogP contribution in [-0.2, 0) is 4.74 Å². The van der Waals surface area contributed by atoms with Gasteiger partial charge in [0.1, 0.15) is 5.75 Å². The van der Waals surface area contributed by atoms with E-state index in [0.717, 1.165) is 44.9 Å². The van der Waals surface area contributed by atoms with E-state index in [9.17, 15) is 19.5 Å². The molecule has 2 aromatic rings. The van der Waals surface area contributed by atoms with E-state index in [0.29, 0.717) is 35.8 Å². The summed E-state index contributed by atoms with van der Waals surface area (Å²) in [6.07, 6.45) is 7.25. The smallest absolute Gasteiger partial charge is 0.321 e. The van der Waals surface area contributed by atoms with E-state index in [1.54, 1.807) is 42.0 Å². The topological polar surface area (TPSA) is 132 Å². The fourth-order valence-corrected chi connectivity index (χ4v) is 6.16. The molecule has 4 N–H and O–H groups in total. The maximum Gasteiger partial charge on any atom is 0.321 e. The van der Waals surface area contributed by atoms with Crippen molar-refractivity contribution in [2.75, 3.05) is 44.0 Å². The van der Waals surface area contributed by atoms with Crippen molar-refractivity contribution in [3.05, 3.63) is 54.1 Å². The standard InChI is InChI=1S/C36H53N5O6/c1-25-22-41(26(2)24-42)34(43)31-21-30(38-35(44)37-28-14-7-5-8-15-28)18-19-32(31)47-27(3)13-11-12-20-46-33(25)23-40(4)36(45)39-29-16-9-6-10-17-29/h6,9-10,16-19,21,25-28,33,42H,5,7-8,11-15,20,22-24H2,1-4H3,(H,39,45)(H2,37,38,44)/t25-,26-,27+,33+/m1/s1. The summed E-state index contributed by atoms with van der Waals surface area (Å²) in [5, 5.41) is 19.1. The quantitative estimate of drug-likeness (QED) is 0.286. The molecule has 0 unspecified atom stereocenters. The van der Waals surface area contributed by atoms with Gasteiger partial charge in [-0.05, 0) is 76.3 Å². The minimum Gasteiger partial charge on any atom is -0.490 e. The number of anilines is 2. The lowest BCUT2D eigenvalue weighted by Crippen LogP contribution is -2.48. The van der Waals surface area contributed by atoms with Crippen LogP contribution < -0.4 is 20.7 Å². The van der Waals surface area contributed by atoms with Crippen LogP contribution in [0.3, 0.4) is 0 Å². The number of carbonyl (C=O) groups excluding carboxylic acids is 3. The maximum absolute atomic E-state index is 14.3. The van der Waals surface area contributed by atoms with Crippen molar-refractivity contribution in [1.29, 1.82) is 0 Å². The molecule has 258 valence electrons. The number of amides is 5. The summed E-state index contributed by atoms with van der Waals surface area (Å²) in [6.45, 7) is 6.63. The molecule has 1 heterocycles. The second-order valence-electron chi connectivity index (χ2n) is 13.1. The van der Waals surface area contributed by atoms with Crippen LogP contribution in [0.25, 0.3) is 0 Å². The Morgan fingerprint density at radius 3 is 2.43 bits per heavy atom. The first kappa shape index (κ1) is 36.0. The number of nitrogens with one attached hydrogen (secondary N) is 3. The molecule has 0 spiro atoms. The minimum absolute atomic E-state index is 0.146. The highest BCUT2D eigenvalue weighted by Crippen LogP contribution is 2.29. The van der Waals surface area contributed by atoms with Crippen molar-refractivity contribution in [3.63, 3.8) is 0 Å². The molecular weight excluding hydrogens is 598 g/mol. The third-order valence-electron chi connectivity index (χ3n) is 9.08. The number of benzene rings is 2. The fraction of sp³-hybridized carbons (Fsp3) is 0.583. The largest absolute Gasteiger partial charge is 0.490 e. The maximum atomic E-state index is 14.3. The van der Waals surface area contributed by atoms with Crippen LogP contribution in [0.15, 0.2) is 48.5 Å². The van der Waals surface area contributed by atoms with Crippen LogP contribution in [0.5, 0.6) is 5.75 Å². The molecule has 5 amide bonds. The number of carbonyl (C=O) groups is 3. The van der Waals surface area contributed by atoms with Crippen LogP contribution in [0, 0.1) is 5.92 Å². The van der Waals surface area contributed by atoms with Crippen molar-refractivity contribution in [1.82, 2.24) is 15.1 Å². The summed E-state index contributed by atoms with van der Waals surface area (Å²) < 4.78 is 12.7. The minimum atomic E-state index is -0.505. The SMILES string of the molecule is C[C@@H]1CN([C@H](C)CO)C(=O)c2cc(NC(=O)NC3CCCCC3)ccc2O[C@@H](C)CCCCO[C@H]1CN(C)C(=O)Nc1ccccc1. The number of likely N-dealkylation sites (N-methyl/N-ethyl adjacent to an activating group) is 1. The Morgan fingerprint density at radius 1 is 0.979 bits per heavy atom. The Bertz CT molecular complexity index is 1300. The predicted octanol–water partition coefficient (Wildman–Crippen LogP) is 6.10. The number of aliphatic hydroxyl groups excluding tert-OH is 1. The van der Waals surface area contributed by atoms with Gasteiger partial charge >= 0.3 is 12.1 Å². The molecule has 2 aromatic carbocycles. The molecule has 0 saturated heterocycles. The Labute approximate surface area is 279 Å². The van der Waals surface area contributed by atoms with Gasteiger partial charge < -0.3 is 40.3 Å². The molecule has 1 aliphatic carbocycles. The lowest BCUT2D eigenvalue weighted by Gasteiger charge is -2.35. The molecule has 2 aliphatic rings. The highest BCUT2D eigenvalue weighted by Gasteiger charge is 2.31. The zero-order valence-electron chi connectivity index (χ0n) is 28.4. The van der Waals surface area contributed by atoms with Gasteiger partial charge in [0.05, 0.1) is 30.4 Å². The first-order chi connectivity index (χ1) is 22.6. The van der Waals surface area contributed by atoms with Crippen LogP contribution in [-0.4, -0.2) is 90.5 Å². The molecule has 0 aromatic heterocycles. The number of rotatable bonds is 7. The average molecular weight is 652 g/mol. The molecule has 0 bridgehead atoms. The molecule has 1 saturated carbocycles. The summed E-state index contributed by atoms with van der Waals surface area (Å²) in [6, 6.07) is 13.5. The van der Waals surface area contributed by atoms with Gasteiger partial charge in [0.2, 0.25) is 0 Å². The van der Waals surface area contributed by atoms with Crippen molar-refractivity contribution < 1.29 is 29.0 Å². The van der Waals surface area contributed by atoms with Crippen molar-refractivity contribution in [3.8, 4) is 5.75 Å². The normalized spacial score (nSPS) is 22.2.